The smallest absolute Gasteiger partial charge is 0.247 e. The molecule has 1 N–H and O–H groups in total. The Labute approximate surface area is 107 Å². The van der Waals surface area contributed by atoms with Crippen molar-refractivity contribution in [3.63, 3.8) is 0 Å². The third kappa shape index (κ3) is 3.60. The number of anilines is 1. The Kier molecular flexibility index (Phi) is 4.36. The number of benzene rings is 1. The summed E-state index contributed by atoms with van der Waals surface area (Å²) in [6, 6.07) is 7.38. The number of hydrogen-bond acceptors (Lipinski definition) is 3. The van der Waals surface area contributed by atoms with Crippen LogP contribution in [-0.4, -0.2) is 25.2 Å². The molecule has 0 aliphatic carbocycles. The predicted molar refractivity (Wildman–Crippen MR) is 69.7 cm³/mol. The summed E-state index contributed by atoms with van der Waals surface area (Å²) in [5.74, 6) is 0.543. The van der Waals surface area contributed by atoms with Crippen molar-refractivity contribution in [2.45, 2.75) is 18.9 Å². The fourth-order valence-electron chi connectivity index (χ4n) is 1.83. The molecule has 1 aromatic rings. The highest BCUT2D eigenvalue weighted by atomic mass is 16.5. The highest BCUT2D eigenvalue weighted by molar-refractivity contribution is 5.98. The summed E-state index contributed by atoms with van der Waals surface area (Å²) < 4.78 is 11.1. The van der Waals surface area contributed by atoms with Gasteiger partial charge in [0.25, 0.3) is 0 Å². The van der Waals surface area contributed by atoms with Gasteiger partial charge in [0, 0.05) is 24.6 Å². The van der Waals surface area contributed by atoms with Crippen LogP contribution in [0.15, 0.2) is 36.9 Å². The van der Waals surface area contributed by atoms with Crippen LogP contribution < -0.4 is 10.1 Å². The number of rotatable bonds is 4. The van der Waals surface area contributed by atoms with E-state index in [2.05, 4.69) is 11.9 Å². The maximum Gasteiger partial charge on any atom is 0.247 e. The zero-order chi connectivity index (χ0) is 12.8. The van der Waals surface area contributed by atoms with E-state index in [1.54, 1.807) is 0 Å². The van der Waals surface area contributed by atoms with Crippen LogP contribution in [0.2, 0.25) is 0 Å². The van der Waals surface area contributed by atoms with E-state index in [9.17, 15) is 4.79 Å². The van der Waals surface area contributed by atoms with Crippen molar-refractivity contribution in [2.24, 2.45) is 0 Å². The van der Waals surface area contributed by atoms with Crippen molar-refractivity contribution >= 4 is 11.6 Å². The highest BCUT2D eigenvalue weighted by Crippen LogP contribution is 2.21. The normalized spacial score (nSPS) is 16.0. The quantitative estimate of drug-likeness (QED) is 0.831. The molecular formula is C14H17NO3. The average molecular weight is 247 g/mol. The predicted octanol–water partition coefficient (Wildman–Crippen LogP) is 2.37. The number of carbonyl (C=O) groups excluding carboxylic acids is 1. The summed E-state index contributed by atoms with van der Waals surface area (Å²) in [4.78, 5) is 11.2. The number of amides is 1. The van der Waals surface area contributed by atoms with E-state index in [4.69, 9.17) is 9.47 Å². The second-order valence-corrected chi connectivity index (χ2v) is 4.15. The molecule has 0 atom stereocenters. The van der Waals surface area contributed by atoms with Crippen LogP contribution >= 0.6 is 0 Å². The number of ether oxygens (including phenoxy) is 2. The first kappa shape index (κ1) is 12.6. The molecule has 0 bridgehead atoms. The van der Waals surface area contributed by atoms with Crippen LogP contribution in [0.25, 0.3) is 0 Å². The van der Waals surface area contributed by atoms with Gasteiger partial charge in [-0.3, -0.25) is 4.79 Å². The Bertz CT molecular complexity index is 425. The lowest BCUT2D eigenvalue weighted by atomic mass is 10.1. The molecule has 0 aromatic heterocycles. The Morgan fingerprint density at radius 3 is 2.94 bits per heavy atom. The first-order chi connectivity index (χ1) is 8.78. The minimum Gasteiger partial charge on any atom is -0.490 e. The molecule has 4 nitrogen and oxygen atoms in total. The molecule has 0 saturated carbocycles. The van der Waals surface area contributed by atoms with Crippen LogP contribution in [-0.2, 0) is 9.53 Å². The zero-order valence-electron chi connectivity index (χ0n) is 10.2. The van der Waals surface area contributed by atoms with Gasteiger partial charge in [0.1, 0.15) is 11.9 Å². The Balaban J connectivity index is 1.97. The molecule has 1 saturated heterocycles. The van der Waals surface area contributed by atoms with Crippen molar-refractivity contribution in [1.82, 2.24) is 0 Å². The average Bonchev–Trinajstić information content (AvgIpc) is 2.40. The van der Waals surface area contributed by atoms with Crippen LogP contribution in [0.5, 0.6) is 5.75 Å². The lowest BCUT2D eigenvalue weighted by Gasteiger charge is -2.23. The van der Waals surface area contributed by atoms with Crippen molar-refractivity contribution in [3.05, 3.63) is 36.9 Å². The van der Waals surface area contributed by atoms with Gasteiger partial charge in [0.2, 0.25) is 5.91 Å². The lowest BCUT2D eigenvalue weighted by molar-refractivity contribution is -0.111. The molecule has 1 aliphatic rings. The van der Waals surface area contributed by atoms with Crippen molar-refractivity contribution in [3.8, 4) is 5.75 Å². The van der Waals surface area contributed by atoms with Gasteiger partial charge in [-0.1, -0.05) is 12.6 Å². The lowest BCUT2D eigenvalue weighted by Crippen LogP contribution is -2.25. The Morgan fingerprint density at radius 1 is 1.44 bits per heavy atom. The summed E-state index contributed by atoms with van der Waals surface area (Å²) >= 11 is 0. The molecule has 1 amide bonds. The number of hydrogen-bond donors (Lipinski definition) is 1. The molecule has 1 fully saturated rings. The van der Waals surface area contributed by atoms with Gasteiger partial charge < -0.3 is 14.8 Å². The van der Waals surface area contributed by atoms with Crippen molar-refractivity contribution in [1.29, 1.82) is 0 Å². The molecule has 0 spiro atoms. The van der Waals surface area contributed by atoms with Crippen LogP contribution in [0.1, 0.15) is 12.8 Å². The largest absolute Gasteiger partial charge is 0.490 e. The third-order valence-electron chi connectivity index (χ3n) is 2.76. The first-order valence-corrected chi connectivity index (χ1v) is 6.06. The highest BCUT2D eigenvalue weighted by Gasteiger charge is 2.15. The zero-order valence-corrected chi connectivity index (χ0v) is 10.2. The summed E-state index contributed by atoms with van der Waals surface area (Å²) in [6.07, 6.45) is 3.25. The van der Waals surface area contributed by atoms with Gasteiger partial charge in [0.15, 0.2) is 0 Å². The number of carbonyl (C=O) groups is 1. The Morgan fingerprint density at radius 2 is 2.22 bits per heavy atom. The fraction of sp³-hybridized carbons (Fsp3) is 0.357. The second kappa shape index (κ2) is 6.21. The molecule has 2 rings (SSSR count). The fourth-order valence-corrected chi connectivity index (χ4v) is 1.83. The van der Waals surface area contributed by atoms with Crippen LogP contribution in [0.3, 0.4) is 0 Å². The molecule has 1 aliphatic heterocycles. The molecule has 96 valence electrons. The summed E-state index contributed by atoms with van der Waals surface area (Å²) in [6.45, 7) is 4.91. The summed E-state index contributed by atoms with van der Waals surface area (Å²) in [5.41, 5.74) is 0.712. The standard InChI is InChI=1S/C14H17NO3/c1-2-14(16)15-11-4-3-5-13(10-11)18-12-6-8-17-9-7-12/h2-5,10,12H,1,6-9H2,(H,15,16). The molecule has 0 unspecified atom stereocenters. The van der Waals surface area contributed by atoms with E-state index in [1.165, 1.54) is 6.08 Å². The summed E-state index contributed by atoms with van der Waals surface area (Å²) in [7, 11) is 0. The second-order valence-electron chi connectivity index (χ2n) is 4.15. The first-order valence-electron chi connectivity index (χ1n) is 6.06. The van der Waals surface area contributed by atoms with E-state index in [-0.39, 0.29) is 12.0 Å². The van der Waals surface area contributed by atoms with Crippen molar-refractivity contribution < 1.29 is 14.3 Å². The van der Waals surface area contributed by atoms with E-state index in [1.807, 2.05) is 24.3 Å². The van der Waals surface area contributed by atoms with Gasteiger partial charge >= 0.3 is 0 Å². The van der Waals surface area contributed by atoms with Gasteiger partial charge in [-0.25, -0.2) is 0 Å². The van der Waals surface area contributed by atoms with E-state index < -0.39 is 0 Å². The van der Waals surface area contributed by atoms with Crippen molar-refractivity contribution in [2.75, 3.05) is 18.5 Å². The van der Waals surface area contributed by atoms with E-state index in [0.29, 0.717) is 5.69 Å². The van der Waals surface area contributed by atoms with Gasteiger partial charge in [0.05, 0.1) is 13.2 Å². The SMILES string of the molecule is C=CC(=O)Nc1cccc(OC2CCOCC2)c1. The van der Waals surface area contributed by atoms with Crippen LogP contribution in [0.4, 0.5) is 5.69 Å². The maximum absolute atomic E-state index is 11.2. The maximum atomic E-state index is 11.2. The summed E-state index contributed by atoms with van der Waals surface area (Å²) in [5, 5.41) is 2.71. The molecule has 4 heteroatoms. The topological polar surface area (TPSA) is 47.6 Å². The number of nitrogens with one attached hydrogen (secondary N) is 1. The van der Waals surface area contributed by atoms with Gasteiger partial charge in [-0.2, -0.15) is 0 Å². The van der Waals surface area contributed by atoms with Gasteiger partial charge in [-0.05, 0) is 18.2 Å². The van der Waals surface area contributed by atoms with E-state index >= 15 is 0 Å². The van der Waals surface area contributed by atoms with Gasteiger partial charge in [-0.15, -0.1) is 0 Å². The molecule has 1 aromatic carbocycles. The third-order valence-corrected chi connectivity index (χ3v) is 2.76. The Hall–Kier alpha value is -1.81. The van der Waals surface area contributed by atoms with E-state index in [0.717, 1.165) is 31.8 Å². The minimum atomic E-state index is -0.224. The molecule has 18 heavy (non-hydrogen) atoms. The molecule has 0 radical (unpaired) electrons. The minimum absolute atomic E-state index is 0.198. The molecule has 1 heterocycles. The monoisotopic (exact) mass is 247 g/mol. The van der Waals surface area contributed by atoms with Crippen LogP contribution in [0, 0.1) is 0 Å². The molecular weight excluding hydrogens is 230 g/mol.